The number of halogens is 3. The van der Waals surface area contributed by atoms with Gasteiger partial charge in [0, 0.05) is 18.2 Å². The van der Waals surface area contributed by atoms with Gasteiger partial charge in [-0.25, -0.2) is 18.7 Å². The number of nitrogens with zero attached hydrogens (tertiary/aromatic N) is 2. The van der Waals surface area contributed by atoms with Gasteiger partial charge in [0.25, 0.3) is 0 Å². The Labute approximate surface area is 94.7 Å². The lowest BCUT2D eigenvalue weighted by atomic mass is 10.3. The topological polar surface area (TPSA) is 35.0 Å². The van der Waals surface area contributed by atoms with Gasteiger partial charge in [-0.05, 0) is 0 Å². The van der Waals surface area contributed by atoms with E-state index < -0.39 is 11.6 Å². The lowest BCUT2D eigenvalue weighted by molar-refractivity contribution is 0.450. The summed E-state index contributed by atoms with van der Waals surface area (Å²) in [5, 5.41) is 0.159. The third-order valence-electron chi connectivity index (χ3n) is 1.68. The van der Waals surface area contributed by atoms with Crippen molar-refractivity contribution in [1.29, 1.82) is 0 Å². The lowest BCUT2D eigenvalue weighted by Gasteiger charge is -2.05. The van der Waals surface area contributed by atoms with Crippen molar-refractivity contribution < 1.29 is 13.5 Å². The molecule has 0 unspecified atom stereocenters. The van der Waals surface area contributed by atoms with Crippen LogP contribution in [0.5, 0.6) is 11.6 Å². The van der Waals surface area contributed by atoms with Crippen LogP contribution < -0.4 is 4.74 Å². The third-order valence-corrected chi connectivity index (χ3v) is 1.94. The second kappa shape index (κ2) is 4.40. The number of benzene rings is 1. The minimum atomic E-state index is -0.736. The fraction of sp³-hybridized carbons (Fsp3) is 0. The summed E-state index contributed by atoms with van der Waals surface area (Å²) in [6, 6.07) is 2.80. The second-order valence-corrected chi connectivity index (χ2v) is 3.29. The highest BCUT2D eigenvalue weighted by Gasteiger charge is 2.06. The van der Waals surface area contributed by atoms with Crippen LogP contribution in [0.3, 0.4) is 0 Å². The predicted octanol–water partition coefficient (Wildman–Crippen LogP) is 3.20. The van der Waals surface area contributed by atoms with Crippen LogP contribution in [-0.4, -0.2) is 9.97 Å². The van der Waals surface area contributed by atoms with Crippen molar-refractivity contribution >= 4 is 11.6 Å². The number of rotatable bonds is 2. The smallest absolute Gasteiger partial charge is 0.241 e. The molecule has 2 rings (SSSR count). The van der Waals surface area contributed by atoms with Gasteiger partial charge in [0.2, 0.25) is 5.88 Å². The van der Waals surface area contributed by atoms with Gasteiger partial charge >= 0.3 is 0 Å². The summed E-state index contributed by atoms with van der Waals surface area (Å²) in [4.78, 5) is 7.37. The van der Waals surface area contributed by atoms with E-state index in [0.717, 1.165) is 18.2 Å². The molecule has 1 heterocycles. The van der Waals surface area contributed by atoms with Crippen molar-refractivity contribution in [2.75, 3.05) is 0 Å². The van der Waals surface area contributed by atoms with E-state index in [9.17, 15) is 8.78 Å². The fourth-order valence-electron chi connectivity index (χ4n) is 1.08. The molecule has 0 saturated heterocycles. The molecule has 2 aromatic rings. The Morgan fingerprint density at radius 1 is 1.12 bits per heavy atom. The van der Waals surface area contributed by atoms with E-state index in [1.807, 2.05) is 0 Å². The Morgan fingerprint density at radius 2 is 1.81 bits per heavy atom. The molecule has 6 heteroatoms. The molecule has 1 aromatic carbocycles. The van der Waals surface area contributed by atoms with Crippen molar-refractivity contribution in [2.24, 2.45) is 0 Å². The quantitative estimate of drug-likeness (QED) is 0.811. The zero-order valence-electron chi connectivity index (χ0n) is 7.82. The first-order chi connectivity index (χ1) is 7.65. The van der Waals surface area contributed by atoms with Crippen LogP contribution in [0.25, 0.3) is 0 Å². The van der Waals surface area contributed by atoms with Gasteiger partial charge in [-0.2, -0.15) is 0 Å². The first-order valence-corrected chi connectivity index (χ1v) is 4.62. The molecule has 16 heavy (non-hydrogen) atoms. The zero-order valence-corrected chi connectivity index (χ0v) is 8.58. The average molecular weight is 243 g/mol. The molecule has 3 nitrogen and oxygen atoms in total. The Kier molecular flexibility index (Phi) is 2.96. The number of hydrogen-bond donors (Lipinski definition) is 0. The van der Waals surface area contributed by atoms with E-state index in [1.165, 1.54) is 12.5 Å². The zero-order chi connectivity index (χ0) is 11.5. The summed E-state index contributed by atoms with van der Waals surface area (Å²) in [6.45, 7) is 0. The highest BCUT2D eigenvalue weighted by Crippen LogP contribution is 2.26. The standard InChI is InChI=1S/C10H5ClF2N2O/c11-9-4-14-5-15-10(9)16-8-2-6(12)1-7(13)3-8/h1-5H. The molecule has 0 atom stereocenters. The summed E-state index contributed by atoms with van der Waals surface area (Å²) >= 11 is 5.72. The Bertz CT molecular complexity index is 502. The van der Waals surface area contributed by atoms with Crippen molar-refractivity contribution in [1.82, 2.24) is 9.97 Å². The van der Waals surface area contributed by atoms with E-state index in [-0.39, 0.29) is 16.7 Å². The maximum Gasteiger partial charge on any atom is 0.241 e. The molecule has 0 aliphatic rings. The molecule has 0 bridgehead atoms. The number of ether oxygens (including phenoxy) is 1. The van der Waals surface area contributed by atoms with Gasteiger partial charge in [0.05, 0.1) is 6.20 Å². The van der Waals surface area contributed by atoms with Gasteiger partial charge < -0.3 is 4.74 Å². The average Bonchev–Trinajstić information content (AvgIpc) is 2.20. The monoisotopic (exact) mass is 242 g/mol. The molecule has 1 aromatic heterocycles. The van der Waals surface area contributed by atoms with Crippen LogP contribution in [0.4, 0.5) is 8.78 Å². The highest BCUT2D eigenvalue weighted by atomic mass is 35.5. The van der Waals surface area contributed by atoms with Crippen LogP contribution in [0.15, 0.2) is 30.7 Å². The molecule has 0 fully saturated rings. The summed E-state index contributed by atoms with van der Waals surface area (Å²) in [7, 11) is 0. The SMILES string of the molecule is Fc1cc(F)cc(Oc2ncncc2Cl)c1. The highest BCUT2D eigenvalue weighted by molar-refractivity contribution is 6.31. The van der Waals surface area contributed by atoms with Crippen LogP contribution in [0.2, 0.25) is 5.02 Å². The molecule has 0 aliphatic carbocycles. The molecule has 0 saturated carbocycles. The maximum atomic E-state index is 12.8. The van der Waals surface area contributed by atoms with Crippen LogP contribution in [-0.2, 0) is 0 Å². The summed E-state index contributed by atoms with van der Waals surface area (Å²) in [6.07, 6.45) is 2.54. The van der Waals surface area contributed by atoms with Gasteiger partial charge in [0.1, 0.15) is 28.7 Å². The Morgan fingerprint density at radius 3 is 2.44 bits per heavy atom. The van der Waals surface area contributed by atoms with E-state index in [2.05, 4.69) is 9.97 Å². The van der Waals surface area contributed by atoms with Crippen LogP contribution in [0, 0.1) is 11.6 Å². The molecule has 0 radical (unpaired) electrons. The molecule has 0 N–H and O–H groups in total. The van der Waals surface area contributed by atoms with Crippen molar-refractivity contribution in [2.45, 2.75) is 0 Å². The molecule has 0 amide bonds. The second-order valence-electron chi connectivity index (χ2n) is 2.88. The minimum absolute atomic E-state index is 0.0156. The molecule has 0 aliphatic heterocycles. The summed E-state index contributed by atoms with van der Waals surface area (Å²) in [5.74, 6) is -1.44. The minimum Gasteiger partial charge on any atom is -0.437 e. The van der Waals surface area contributed by atoms with Gasteiger partial charge in [-0.3, -0.25) is 0 Å². The molecule has 0 spiro atoms. The predicted molar refractivity (Wildman–Crippen MR) is 53.5 cm³/mol. The molecule has 82 valence electrons. The van der Waals surface area contributed by atoms with E-state index in [1.54, 1.807) is 0 Å². The van der Waals surface area contributed by atoms with Gasteiger partial charge in [0.15, 0.2) is 0 Å². The molecular weight excluding hydrogens is 238 g/mol. The van der Waals surface area contributed by atoms with Crippen LogP contribution in [0.1, 0.15) is 0 Å². The van der Waals surface area contributed by atoms with Crippen molar-refractivity contribution in [3.63, 3.8) is 0 Å². The third kappa shape index (κ3) is 2.43. The fourth-order valence-corrected chi connectivity index (χ4v) is 1.22. The summed E-state index contributed by atoms with van der Waals surface area (Å²) < 4.78 is 30.8. The van der Waals surface area contributed by atoms with Crippen molar-refractivity contribution in [3.05, 3.63) is 47.4 Å². The van der Waals surface area contributed by atoms with Gasteiger partial charge in [-0.1, -0.05) is 11.6 Å². The van der Waals surface area contributed by atoms with Crippen LogP contribution >= 0.6 is 11.6 Å². The Balaban J connectivity index is 2.30. The first kappa shape index (κ1) is 10.8. The molecular formula is C10H5ClF2N2O. The normalized spacial score (nSPS) is 10.2. The lowest BCUT2D eigenvalue weighted by Crippen LogP contribution is -1.91. The van der Waals surface area contributed by atoms with E-state index in [4.69, 9.17) is 16.3 Å². The number of aromatic nitrogens is 2. The van der Waals surface area contributed by atoms with Crippen molar-refractivity contribution in [3.8, 4) is 11.6 Å². The number of hydrogen-bond acceptors (Lipinski definition) is 3. The van der Waals surface area contributed by atoms with Gasteiger partial charge in [-0.15, -0.1) is 0 Å². The maximum absolute atomic E-state index is 12.8. The van der Waals surface area contributed by atoms with E-state index >= 15 is 0 Å². The largest absolute Gasteiger partial charge is 0.437 e. The van der Waals surface area contributed by atoms with E-state index in [0.29, 0.717) is 0 Å². The summed E-state index contributed by atoms with van der Waals surface area (Å²) in [5.41, 5.74) is 0. The first-order valence-electron chi connectivity index (χ1n) is 4.24. The Hall–Kier alpha value is -1.75.